The second-order valence-corrected chi connectivity index (χ2v) is 9.29. The highest BCUT2D eigenvalue weighted by Gasteiger charge is 2.55. The number of carbonyl (C=O) groups is 3. The molecule has 1 aromatic rings. The molecule has 32 heavy (non-hydrogen) atoms. The van der Waals surface area contributed by atoms with E-state index in [0.717, 1.165) is 48.6 Å². The van der Waals surface area contributed by atoms with E-state index in [1.165, 1.54) is 4.90 Å². The molecule has 174 valence electrons. The number of nitrogens with one attached hydrogen (secondary N) is 1. The Morgan fingerprint density at radius 3 is 2.47 bits per heavy atom. The number of hydrogen-bond acceptors (Lipinski definition) is 6. The summed E-state index contributed by atoms with van der Waals surface area (Å²) < 4.78 is 5.77. The van der Waals surface area contributed by atoms with E-state index in [0.29, 0.717) is 19.4 Å². The molecule has 4 rings (SSSR count). The lowest BCUT2D eigenvalue weighted by Crippen LogP contribution is -2.49. The van der Waals surface area contributed by atoms with Gasteiger partial charge in [0, 0.05) is 32.9 Å². The maximum atomic E-state index is 13.0. The summed E-state index contributed by atoms with van der Waals surface area (Å²) in [7, 11) is 1.67. The third-order valence-electron chi connectivity index (χ3n) is 6.83. The van der Waals surface area contributed by atoms with Crippen LogP contribution in [0.1, 0.15) is 51.5 Å². The molecule has 3 aliphatic rings. The second kappa shape index (κ2) is 9.05. The molecule has 0 radical (unpaired) electrons. The Balaban J connectivity index is 1.31. The van der Waals surface area contributed by atoms with Crippen molar-refractivity contribution in [2.24, 2.45) is 0 Å². The molecule has 2 aliphatic heterocycles. The average molecular weight is 444 g/mol. The lowest BCUT2D eigenvalue weighted by molar-refractivity contribution is -0.137. The molecule has 1 N–H and O–H groups in total. The molecular weight excluding hydrogens is 410 g/mol. The molecule has 9 heteroatoms. The number of nitrogens with zero attached hydrogens (tertiary/aromatic N) is 4. The molecule has 9 nitrogen and oxygen atoms in total. The van der Waals surface area contributed by atoms with Crippen molar-refractivity contribution in [2.75, 3.05) is 31.6 Å². The Labute approximate surface area is 189 Å². The summed E-state index contributed by atoms with van der Waals surface area (Å²) >= 11 is 0. The average Bonchev–Trinajstić information content (AvgIpc) is 2.94. The van der Waals surface area contributed by atoms with Crippen molar-refractivity contribution in [3.8, 4) is 0 Å². The third-order valence-corrected chi connectivity index (χ3v) is 6.83. The number of pyridine rings is 1. The van der Waals surface area contributed by atoms with Crippen LogP contribution in [0.5, 0.6) is 0 Å². The van der Waals surface area contributed by atoms with Gasteiger partial charge >= 0.3 is 6.03 Å². The molecule has 0 bridgehead atoms. The van der Waals surface area contributed by atoms with E-state index < -0.39 is 5.54 Å². The molecule has 3 heterocycles. The topological polar surface area (TPSA) is 95.1 Å². The first kappa shape index (κ1) is 22.5. The summed E-state index contributed by atoms with van der Waals surface area (Å²) in [5, 5.41) is 2.81. The molecular formula is C23H33N5O4. The van der Waals surface area contributed by atoms with Gasteiger partial charge in [0.15, 0.2) is 0 Å². The van der Waals surface area contributed by atoms with Crippen LogP contribution in [0.2, 0.25) is 0 Å². The second-order valence-electron chi connectivity index (χ2n) is 9.29. The molecule has 2 unspecified atom stereocenters. The van der Waals surface area contributed by atoms with Crippen LogP contribution in [0.15, 0.2) is 18.3 Å². The number of ether oxygens (including phenoxy) is 1. The van der Waals surface area contributed by atoms with Crippen molar-refractivity contribution < 1.29 is 19.1 Å². The van der Waals surface area contributed by atoms with E-state index in [2.05, 4.69) is 29.0 Å². The smallest absolute Gasteiger partial charge is 0.327 e. The number of carbonyl (C=O) groups excluding carboxylic acids is 3. The summed E-state index contributed by atoms with van der Waals surface area (Å²) in [4.78, 5) is 47.6. The van der Waals surface area contributed by atoms with Crippen LogP contribution >= 0.6 is 0 Å². The summed E-state index contributed by atoms with van der Waals surface area (Å²) in [5.74, 6) is 0.295. The Kier molecular flexibility index (Phi) is 6.37. The van der Waals surface area contributed by atoms with Crippen LogP contribution in [-0.4, -0.2) is 77.1 Å². The van der Waals surface area contributed by atoms with Crippen molar-refractivity contribution in [1.82, 2.24) is 20.1 Å². The zero-order valence-electron chi connectivity index (χ0n) is 19.2. The van der Waals surface area contributed by atoms with Gasteiger partial charge in [-0.1, -0.05) is 25.3 Å². The maximum absolute atomic E-state index is 13.0. The molecule has 1 spiro atoms. The molecule has 2 atom stereocenters. The third kappa shape index (κ3) is 4.30. The molecule has 3 fully saturated rings. The van der Waals surface area contributed by atoms with Gasteiger partial charge in [-0.05, 0) is 38.3 Å². The number of amides is 4. The largest absolute Gasteiger partial charge is 0.372 e. The van der Waals surface area contributed by atoms with Gasteiger partial charge in [0.2, 0.25) is 5.91 Å². The van der Waals surface area contributed by atoms with Crippen molar-refractivity contribution in [2.45, 2.75) is 70.2 Å². The fourth-order valence-electron chi connectivity index (χ4n) is 5.14. The number of anilines is 1. The summed E-state index contributed by atoms with van der Waals surface area (Å²) in [6, 6.07) is 3.50. The number of morpholine rings is 1. The first-order valence-corrected chi connectivity index (χ1v) is 11.5. The highest BCUT2D eigenvalue weighted by atomic mass is 16.5. The van der Waals surface area contributed by atoms with Crippen molar-refractivity contribution in [3.05, 3.63) is 23.9 Å². The van der Waals surface area contributed by atoms with E-state index in [1.807, 2.05) is 12.1 Å². The van der Waals surface area contributed by atoms with E-state index in [4.69, 9.17) is 4.74 Å². The molecule has 1 aliphatic carbocycles. The zero-order chi connectivity index (χ0) is 22.9. The SMILES string of the molecule is CC1CN(c2ccc(CNC(=O)CN3C(=O)N(C)C4(CCCCC4)C3=O)cn2)CC(C)O1. The van der Waals surface area contributed by atoms with Gasteiger partial charge in [0.25, 0.3) is 5.91 Å². The number of rotatable bonds is 5. The molecule has 4 amide bonds. The minimum Gasteiger partial charge on any atom is -0.372 e. The van der Waals surface area contributed by atoms with E-state index in [9.17, 15) is 14.4 Å². The summed E-state index contributed by atoms with van der Waals surface area (Å²) in [6.45, 7) is 5.73. The fraction of sp³-hybridized carbons (Fsp3) is 0.652. The lowest BCUT2D eigenvalue weighted by atomic mass is 9.81. The molecule has 0 aromatic carbocycles. The van der Waals surface area contributed by atoms with Gasteiger partial charge in [-0.25, -0.2) is 9.78 Å². The first-order chi connectivity index (χ1) is 15.3. The Morgan fingerprint density at radius 1 is 1.16 bits per heavy atom. The first-order valence-electron chi connectivity index (χ1n) is 11.5. The van der Waals surface area contributed by atoms with Crippen LogP contribution in [0.4, 0.5) is 10.6 Å². The van der Waals surface area contributed by atoms with Gasteiger partial charge in [-0.2, -0.15) is 0 Å². The number of hydrogen-bond donors (Lipinski definition) is 1. The zero-order valence-corrected chi connectivity index (χ0v) is 19.2. The van der Waals surface area contributed by atoms with Gasteiger partial charge in [0.05, 0.1) is 12.2 Å². The highest BCUT2D eigenvalue weighted by Crippen LogP contribution is 2.39. The summed E-state index contributed by atoms with van der Waals surface area (Å²) in [5.41, 5.74) is 0.0977. The number of imide groups is 1. The number of aromatic nitrogens is 1. The van der Waals surface area contributed by atoms with Gasteiger partial charge in [-0.3, -0.25) is 14.5 Å². The summed E-state index contributed by atoms with van der Waals surface area (Å²) in [6.07, 6.45) is 6.33. The van der Waals surface area contributed by atoms with E-state index in [-0.39, 0.29) is 36.6 Å². The van der Waals surface area contributed by atoms with Crippen LogP contribution in [0.3, 0.4) is 0 Å². The van der Waals surface area contributed by atoms with Gasteiger partial charge in [-0.15, -0.1) is 0 Å². The van der Waals surface area contributed by atoms with E-state index >= 15 is 0 Å². The predicted molar refractivity (Wildman–Crippen MR) is 119 cm³/mol. The Hall–Kier alpha value is -2.68. The standard InChI is InChI=1S/C23H33N5O4/c1-16-13-27(14-17(2)32-16)19-8-7-18(11-24-19)12-25-20(29)15-28-21(30)23(26(3)22(28)31)9-5-4-6-10-23/h7-8,11,16-17H,4-6,9-10,12-15H2,1-3H3,(H,25,29). The van der Waals surface area contributed by atoms with Crippen molar-refractivity contribution >= 4 is 23.7 Å². The van der Waals surface area contributed by atoms with Gasteiger partial charge < -0.3 is 19.9 Å². The van der Waals surface area contributed by atoms with Gasteiger partial charge in [0.1, 0.15) is 17.9 Å². The highest BCUT2D eigenvalue weighted by molar-refractivity contribution is 6.08. The monoisotopic (exact) mass is 443 g/mol. The van der Waals surface area contributed by atoms with Crippen LogP contribution in [0.25, 0.3) is 0 Å². The predicted octanol–water partition coefficient (Wildman–Crippen LogP) is 1.91. The Morgan fingerprint density at radius 2 is 1.84 bits per heavy atom. The van der Waals surface area contributed by atoms with Crippen molar-refractivity contribution in [1.29, 1.82) is 0 Å². The van der Waals surface area contributed by atoms with Crippen LogP contribution in [-0.2, 0) is 20.9 Å². The van der Waals surface area contributed by atoms with Crippen molar-refractivity contribution in [3.63, 3.8) is 0 Å². The minimum atomic E-state index is -0.760. The molecule has 2 saturated heterocycles. The number of likely N-dealkylation sites (N-methyl/N-ethyl adjacent to an activating group) is 1. The number of urea groups is 1. The molecule has 1 saturated carbocycles. The van der Waals surface area contributed by atoms with E-state index in [1.54, 1.807) is 13.2 Å². The lowest BCUT2D eigenvalue weighted by Gasteiger charge is -2.36. The normalized spacial score (nSPS) is 25.5. The van der Waals surface area contributed by atoms with Crippen LogP contribution in [0, 0.1) is 0 Å². The molecule has 1 aromatic heterocycles. The maximum Gasteiger partial charge on any atom is 0.327 e. The minimum absolute atomic E-state index is 0.155. The van der Waals surface area contributed by atoms with Crippen LogP contribution < -0.4 is 10.2 Å². The Bertz CT molecular complexity index is 858. The quantitative estimate of drug-likeness (QED) is 0.699. The fourth-order valence-corrected chi connectivity index (χ4v) is 5.14.